The maximum Gasteiger partial charge on any atom is 0.0529 e. The first-order valence-corrected chi connectivity index (χ1v) is 8.37. The molecule has 0 saturated carbocycles. The topological polar surface area (TPSA) is 43.1 Å². The van der Waals surface area contributed by atoms with E-state index in [9.17, 15) is 4.21 Å². The summed E-state index contributed by atoms with van der Waals surface area (Å²) < 4.78 is 12.1. The average Bonchev–Trinajstić information content (AvgIpc) is 2.33. The number of nitrogens with two attached hydrogens (primary N) is 1. The van der Waals surface area contributed by atoms with Gasteiger partial charge in [0.05, 0.1) is 10.8 Å². The van der Waals surface area contributed by atoms with Crippen molar-refractivity contribution < 1.29 is 4.21 Å². The van der Waals surface area contributed by atoms with Gasteiger partial charge in [-0.3, -0.25) is 4.21 Å². The summed E-state index contributed by atoms with van der Waals surface area (Å²) in [5.41, 5.74) is 7.13. The Morgan fingerprint density at radius 1 is 1.16 bits per heavy atom. The molecular weight excluding hydrogens is 254 g/mol. The SMILES string of the molecule is CC(N)CCCCS(=O)c1ccc(C(C)(C)C)cc1. The van der Waals surface area contributed by atoms with Crippen LogP contribution in [0.2, 0.25) is 0 Å². The molecule has 0 aromatic heterocycles. The van der Waals surface area contributed by atoms with E-state index in [4.69, 9.17) is 5.73 Å². The summed E-state index contributed by atoms with van der Waals surface area (Å²) in [4.78, 5) is 0.939. The van der Waals surface area contributed by atoms with Gasteiger partial charge in [0, 0.05) is 16.7 Å². The molecule has 0 spiro atoms. The lowest BCUT2D eigenvalue weighted by atomic mass is 9.87. The summed E-state index contributed by atoms with van der Waals surface area (Å²) in [6.07, 6.45) is 3.05. The minimum atomic E-state index is -0.874. The maximum atomic E-state index is 12.1. The molecule has 0 aliphatic carbocycles. The molecule has 0 bridgehead atoms. The van der Waals surface area contributed by atoms with E-state index in [0.29, 0.717) is 0 Å². The van der Waals surface area contributed by atoms with Crippen molar-refractivity contribution in [2.75, 3.05) is 5.75 Å². The fourth-order valence-corrected chi connectivity index (χ4v) is 3.07. The average molecular weight is 281 g/mol. The van der Waals surface area contributed by atoms with E-state index in [1.807, 2.05) is 19.1 Å². The lowest BCUT2D eigenvalue weighted by Gasteiger charge is -2.19. The summed E-state index contributed by atoms with van der Waals surface area (Å²) in [5, 5.41) is 0. The van der Waals surface area contributed by atoms with Gasteiger partial charge in [-0.1, -0.05) is 39.3 Å². The van der Waals surface area contributed by atoms with Gasteiger partial charge in [0.25, 0.3) is 0 Å². The molecule has 0 aliphatic heterocycles. The standard InChI is InChI=1S/C16H27NOS/c1-13(17)7-5-6-12-19(18)15-10-8-14(9-11-15)16(2,3)4/h8-11,13H,5-7,12,17H2,1-4H3. The number of hydrogen-bond donors (Lipinski definition) is 1. The van der Waals surface area contributed by atoms with Crippen molar-refractivity contribution in [2.24, 2.45) is 5.73 Å². The van der Waals surface area contributed by atoms with Crippen LogP contribution in [0.4, 0.5) is 0 Å². The molecule has 3 heteroatoms. The molecule has 2 atom stereocenters. The van der Waals surface area contributed by atoms with Crippen molar-refractivity contribution in [3.8, 4) is 0 Å². The Labute approximate surface area is 120 Å². The van der Waals surface area contributed by atoms with Crippen molar-refractivity contribution in [1.29, 1.82) is 0 Å². The van der Waals surface area contributed by atoms with Crippen LogP contribution in [0.15, 0.2) is 29.2 Å². The van der Waals surface area contributed by atoms with Gasteiger partial charge in [0.15, 0.2) is 0 Å². The summed E-state index contributed by atoms with van der Waals surface area (Å²) >= 11 is 0. The van der Waals surface area contributed by atoms with Gasteiger partial charge in [0.2, 0.25) is 0 Å². The first kappa shape index (κ1) is 16.4. The molecule has 1 rings (SSSR count). The van der Waals surface area contributed by atoms with E-state index in [1.54, 1.807) is 0 Å². The van der Waals surface area contributed by atoms with Gasteiger partial charge in [0.1, 0.15) is 0 Å². The summed E-state index contributed by atoms with van der Waals surface area (Å²) in [6, 6.07) is 8.44. The smallest absolute Gasteiger partial charge is 0.0529 e. The maximum absolute atomic E-state index is 12.1. The molecule has 0 aliphatic rings. The molecule has 108 valence electrons. The molecule has 0 amide bonds. The highest BCUT2D eigenvalue weighted by molar-refractivity contribution is 7.85. The van der Waals surface area contributed by atoms with Crippen LogP contribution in [0.3, 0.4) is 0 Å². The normalized spacial score (nSPS) is 15.2. The van der Waals surface area contributed by atoms with Crippen LogP contribution in [0.25, 0.3) is 0 Å². The van der Waals surface area contributed by atoms with E-state index in [0.717, 1.165) is 29.9 Å². The first-order chi connectivity index (χ1) is 8.80. The molecule has 0 radical (unpaired) electrons. The Hall–Kier alpha value is -0.670. The van der Waals surface area contributed by atoms with E-state index in [-0.39, 0.29) is 11.5 Å². The molecular formula is C16H27NOS. The van der Waals surface area contributed by atoms with E-state index in [2.05, 4.69) is 32.9 Å². The largest absolute Gasteiger partial charge is 0.328 e. The minimum absolute atomic E-state index is 0.150. The van der Waals surface area contributed by atoms with Gasteiger partial charge in [-0.15, -0.1) is 0 Å². The van der Waals surface area contributed by atoms with Crippen molar-refractivity contribution in [1.82, 2.24) is 0 Å². The zero-order valence-electron chi connectivity index (χ0n) is 12.6. The van der Waals surface area contributed by atoms with Crippen molar-refractivity contribution >= 4 is 10.8 Å². The lowest BCUT2D eigenvalue weighted by molar-refractivity contribution is 0.589. The number of benzene rings is 1. The Morgan fingerprint density at radius 3 is 2.21 bits per heavy atom. The zero-order chi connectivity index (χ0) is 14.5. The molecule has 2 unspecified atom stereocenters. The van der Waals surface area contributed by atoms with Crippen molar-refractivity contribution in [3.05, 3.63) is 29.8 Å². The second-order valence-corrected chi connectivity index (χ2v) is 7.87. The van der Waals surface area contributed by atoms with Crippen molar-refractivity contribution in [3.63, 3.8) is 0 Å². The third-order valence-corrected chi connectivity index (χ3v) is 4.68. The van der Waals surface area contributed by atoms with Crippen molar-refractivity contribution in [2.45, 2.75) is 63.3 Å². The quantitative estimate of drug-likeness (QED) is 0.809. The highest BCUT2D eigenvalue weighted by Crippen LogP contribution is 2.23. The van der Waals surface area contributed by atoms with Crippen LogP contribution in [0.1, 0.15) is 52.5 Å². The van der Waals surface area contributed by atoms with Gasteiger partial charge >= 0.3 is 0 Å². The van der Waals surface area contributed by atoms with Gasteiger partial charge < -0.3 is 5.73 Å². The molecule has 0 saturated heterocycles. The molecule has 2 N–H and O–H groups in total. The van der Waals surface area contributed by atoms with Crippen LogP contribution in [-0.4, -0.2) is 16.0 Å². The second-order valence-electron chi connectivity index (χ2n) is 6.30. The molecule has 2 nitrogen and oxygen atoms in total. The summed E-state index contributed by atoms with van der Waals surface area (Å²) in [7, 11) is -0.874. The summed E-state index contributed by atoms with van der Waals surface area (Å²) in [5.74, 6) is 0.738. The second kappa shape index (κ2) is 7.20. The van der Waals surface area contributed by atoms with E-state index in [1.165, 1.54) is 5.56 Å². The van der Waals surface area contributed by atoms with Gasteiger partial charge in [-0.2, -0.15) is 0 Å². The van der Waals surface area contributed by atoms with Gasteiger partial charge in [-0.05, 0) is 42.9 Å². The molecule has 0 heterocycles. The third kappa shape index (κ3) is 5.87. The first-order valence-electron chi connectivity index (χ1n) is 7.05. The fourth-order valence-electron chi connectivity index (χ4n) is 1.92. The molecule has 1 aromatic carbocycles. The summed E-state index contributed by atoms with van der Waals surface area (Å²) in [6.45, 7) is 8.58. The van der Waals surface area contributed by atoms with Crippen LogP contribution >= 0.6 is 0 Å². The predicted molar refractivity (Wildman–Crippen MR) is 83.9 cm³/mol. The third-order valence-electron chi connectivity index (χ3n) is 3.22. The lowest BCUT2D eigenvalue weighted by Crippen LogP contribution is -2.14. The Balaban J connectivity index is 2.49. The monoisotopic (exact) mass is 281 g/mol. The van der Waals surface area contributed by atoms with Gasteiger partial charge in [-0.25, -0.2) is 0 Å². The minimum Gasteiger partial charge on any atom is -0.328 e. The fraction of sp³-hybridized carbons (Fsp3) is 0.625. The van der Waals surface area contributed by atoms with E-state index >= 15 is 0 Å². The highest BCUT2D eigenvalue weighted by Gasteiger charge is 2.13. The number of unbranched alkanes of at least 4 members (excludes halogenated alkanes) is 1. The number of rotatable bonds is 6. The predicted octanol–water partition coefficient (Wildman–Crippen LogP) is 3.61. The molecule has 1 aromatic rings. The Bertz CT molecular complexity index is 404. The van der Waals surface area contributed by atoms with Crippen LogP contribution in [0.5, 0.6) is 0 Å². The van der Waals surface area contributed by atoms with Crippen LogP contribution < -0.4 is 5.73 Å². The number of hydrogen-bond acceptors (Lipinski definition) is 2. The molecule has 0 fully saturated rings. The Kier molecular flexibility index (Phi) is 6.21. The molecule has 19 heavy (non-hydrogen) atoms. The Morgan fingerprint density at radius 2 is 1.74 bits per heavy atom. The highest BCUT2D eigenvalue weighted by atomic mass is 32.2. The van der Waals surface area contributed by atoms with E-state index < -0.39 is 10.8 Å². The van der Waals surface area contributed by atoms with Crippen LogP contribution in [-0.2, 0) is 16.2 Å². The zero-order valence-corrected chi connectivity index (χ0v) is 13.4. The van der Waals surface area contributed by atoms with Crippen LogP contribution in [0, 0.1) is 0 Å².